The predicted molar refractivity (Wildman–Crippen MR) is 144 cm³/mol. The van der Waals surface area contributed by atoms with Crippen LogP contribution in [0.4, 0.5) is 0 Å². The highest BCUT2D eigenvalue weighted by Crippen LogP contribution is 2.35. The minimum Gasteiger partial charge on any atom is -0.450 e. The van der Waals surface area contributed by atoms with E-state index in [2.05, 4.69) is 4.99 Å². The largest absolute Gasteiger partial charge is 0.450 e. The maximum absolute atomic E-state index is 11.3. The highest BCUT2D eigenvalue weighted by molar-refractivity contribution is 5.75. The van der Waals surface area contributed by atoms with Crippen molar-refractivity contribution < 1.29 is 99.2 Å². The van der Waals surface area contributed by atoms with Crippen molar-refractivity contribution in [1.82, 2.24) is 0 Å². The molecule has 5 rings (SSSR count). The van der Waals surface area contributed by atoms with Crippen LogP contribution in [0.1, 0.15) is 6.92 Å². The van der Waals surface area contributed by atoms with Gasteiger partial charge in [-0.25, -0.2) is 4.99 Å². The Balaban J connectivity index is 1.37. The van der Waals surface area contributed by atoms with Crippen LogP contribution < -0.4 is 0 Å². The normalized spacial score (nSPS) is 52.1. The van der Waals surface area contributed by atoms with Crippen LogP contribution in [0.3, 0.4) is 0 Å². The third-order valence-electron chi connectivity index (χ3n) is 8.78. The van der Waals surface area contributed by atoms with Crippen LogP contribution in [-0.4, -0.2) is 216 Å². The predicted octanol–water partition coefficient (Wildman–Crippen LogP) is -8.28. The van der Waals surface area contributed by atoms with E-state index in [0.717, 1.165) is 0 Å². The molecule has 20 atom stereocenters. The van der Waals surface area contributed by atoms with Crippen molar-refractivity contribution in [2.75, 3.05) is 26.4 Å². The number of fused-ring (bicyclic) bond motifs is 1. The third kappa shape index (κ3) is 7.30. The van der Waals surface area contributed by atoms with E-state index in [1.165, 1.54) is 6.92 Å². The second-order valence-electron chi connectivity index (χ2n) is 11.9. The summed E-state index contributed by atoms with van der Waals surface area (Å²) in [6.45, 7) is -1.41. The van der Waals surface area contributed by atoms with Crippen molar-refractivity contribution in [2.45, 2.75) is 130 Å². The molecule has 21 nitrogen and oxygen atoms in total. The molecule has 272 valence electrons. The Bertz CT molecular complexity index is 1050. The van der Waals surface area contributed by atoms with E-state index >= 15 is 0 Å². The van der Waals surface area contributed by atoms with Crippen molar-refractivity contribution in [3.8, 4) is 0 Å². The Morgan fingerprint density at radius 1 is 0.532 bits per heavy atom. The molecular formula is C26H43NO20. The fourth-order valence-electron chi connectivity index (χ4n) is 6.06. The number of ether oxygens (including phenoxy) is 8. The molecule has 0 aromatic carbocycles. The number of nitrogens with zero attached hydrogens (tertiary/aromatic N) is 1. The van der Waals surface area contributed by atoms with Crippen LogP contribution in [-0.2, 0) is 37.9 Å². The lowest BCUT2D eigenvalue weighted by atomic mass is 9.95. The second-order valence-corrected chi connectivity index (χ2v) is 11.9. The Morgan fingerprint density at radius 3 is 1.64 bits per heavy atom. The first kappa shape index (κ1) is 37.0. The van der Waals surface area contributed by atoms with Gasteiger partial charge in [-0.3, -0.25) is 0 Å². The zero-order valence-corrected chi connectivity index (χ0v) is 25.0. The Morgan fingerprint density at radius 2 is 1.04 bits per heavy atom. The molecule has 12 N–H and O–H groups in total. The van der Waals surface area contributed by atoms with E-state index in [1.54, 1.807) is 0 Å². The summed E-state index contributed by atoms with van der Waals surface area (Å²) in [5.41, 5.74) is 0. The molecule has 0 amide bonds. The number of aliphatic imine (C=N–C) groups is 1. The summed E-state index contributed by atoms with van der Waals surface area (Å²) >= 11 is 0. The molecule has 4 saturated heterocycles. The Labute approximate surface area is 266 Å². The molecule has 5 heterocycles. The minimum absolute atomic E-state index is 0.201. The van der Waals surface area contributed by atoms with Gasteiger partial charge in [0.2, 0.25) is 6.29 Å². The van der Waals surface area contributed by atoms with Crippen molar-refractivity contribution in [3.63, 3.8) is 0 Å². The molecule has 0 unspecified atom stereocenters. The first-order valence-electron chi connectivity index (χ1n) is 15.0. The number of aliphatic hydroxyl groups is 12. The average molecular weight is 690 g/mol. The summed E-state index contributed by atoms with van der Waals surface area (Å²) in [5, 5.41) is 124. The number of rotatable bonds is 10. The van der Waals surface area contributed by atoms with Crippen molar-refractivity contribution in [1.29, 1.82) is 0 Å². The SMILES string of the molecule is CC1=N[C@H]2[C@@H](O1)O[C@H](CO)[C@@H](O[C@@H]1O[C@H](CO[C@H]3O[C@H](CO)[C@@H](O)[C@H](O)[C@@H]3O)[C@@H](O)[C@H](O[C@H]3O[C@H](CO)[C@@H](O)[C@H](O)[C@@H]3O)[C@@H]1O)[C@@H]2O. The van der Waals surface area contributed by atoms with Gasteiger partial charge in [0, 0.05) is 6.92 Å². The van der Waals surface area contributed by atoms with Crippen LogP contribution in [0, 0.1) is 0 Å². The van der Waals surface area contributed by atoms with E-state index in [0.29, 0.717) is 0 Å². The van der Waals surface area contributed by atoms with Gasteiger partial charge < -0.3 is 99.2 Å². The van der Waals surface area contributed by atoms with Gasteiger partial charge in [-0.1, -0.05) is 0 Å². The van der Waals surface area contributed by atoms with Gasteiger partial charge in [0.25, 0.3) is 0 Å². The molecule has 4 fully saturated rings. The summed E-state index contributed by atoms with van der Waals surface area (Å²) in [6.07, 6.45) is -31.3. The van der Waals surface area contributed by atoms with Crippen LogP contribution in [0.25, 0.3) is 0 Å². The van der Waals surface area contributed by atoms with Gasteiger partial charge >= 0.3 is 0 Å². The lowest BCUT2D eigenvalue weighted by molar-refractivity contribution is -0.378. The van der Waals surface area contributed by atoms with E-state index < -0.39 is 149 Å². The van der Waals surface area contributed by atoms with Crippen LogP contribution in [0.5, 0.6) is 0 Å². The molecule has 0 aromatic rings. The summed E-state index contributed by atoms with van der Waals surface area (Å²) in [6, 6.07) is -0.986. The lowest BCUT2D eigenvalue weighted by Gasteiger charge is -2.48. The first-order chi connectivity index (χ1) is 22.3. The fraction of sp³-hybridized carbons (Fsp3) is 0.962. The molecule has 0 saturated carbocycles. The van der Waals surface area contributed by atoms with Gasteiger partial charge in [-0.15, -0.1) is 0 Å². The first-order valence-corrected chi connectivity index (χ1v) is 15.0. The molecule has 0 aromatic heterocycles. The van der Waals surface area contributed by atoms with Crippen molar-refractivity contribution >= 4 is 5.90 Å². The molecule has 5 aliphatic rings. The summed E-state index contributed by atoms with van der Waals surface area (Å²) in [7, 11) is 0. The van der Waals surface area contributed by atoms with E-state index in [-0.39, 0.29) is 5.90 Å². The standard InChI is InChI=1S/C26H43NO20/c1-6-27-11-15(34)21(9(4-30)44-23(11)41-6)46-26-20(39)22(47-25-19(38)17(36)13(32)8(3-29)43-25)14(33)10(45-26)5-40-24-18(37)16(35)12(31)7(2-28)42-24/h7-26,28-39H,2-5H2,1H3/t7-,8-,9-,10-,11-,12-,13-,14-,15-,16+,17+,18+,19+,20+,21-,22+,23+,24+,25-,26+/m1/s1. The Kier molecular flexibility index (Phi) is 12.0. The molecule has 0 aliphatic carbocycles. The number of aliphatic hydroxyl groups excluding tert-OH is 12. The van der Waals surface area contributed by atoms with Gasteiger partial charge in [-0.2, -0.15) is 0 Å². The van der Waals surface area contributed by atoms with E-state index in [4.69, 9.17) is 37.9 Å². The van der Waals surface area contributed by atoms with E-state index in [1.807, 2.05) is 0 Å². The summed E-state index contributed by atoms with van der Waals surface area (Å²) in [5.74, 6) is 0.201. The number of hydrogen-bond acceptors (Lipinski definition) is 21. The molecule has 5 aliphatic heterocycles. The second kappa shape index (κ2) is 15.3. The molecular weight excluding hydrogens is 646 g/mol. The van der Waals surface area contributed by atoms with Crippen LogP contribution in [0.15, 0.2) is 4.99 Å². The zero-order chi connectivity index (χ0) is 34.3. The molecule has 0 radical (unpaired) electrons. The molecule has 0 bridgehead atoms. The van der Waals surface area contributed by atoms with E-state index in [9.17, 15) is 61.3 Å². The smallest absolute Gasteiger partial charge is 0.227 e. The van der Waals surface area contributed by atoms with Gasteiger partial charge in [0.15, 0.2) is 24.8 Å². The zero-order valence-electron chi connectivity index (χ0n) is 25.0. The highest BCUT2D eigenvalue weighted by atomic mass is 16.8. The van der Waals surface area contributed by atoms with Gasteiger partial charge in [-0.05, 0) is 0 Å². The highest BCUT2D eigenvalue weighted by Gasteiger charge is 2.55. The summed E-state index contributed by atoms with van der Waals surface area (Å²) in [4.78, 5) is 4.16. The van der Waals surface area contributed by atoms with Crippen LogP contribution >= 0.6 is 0 Å². The van der Waals surface area contributed by atoms with Gasteiger partial charge in [0.1, 0.15) is 97.6 Å². The molecule has 47 heavy (non-hydrogen) atoms. The fourth-order valence-corrected chi connectivity index (χ4v) is 6.06. The number of hydrogen-bond donors (Lipinski definition) is 12. The monoisotopic (exact) mass is 689 g/mol. The van der Waals surface area contributed by atoms with Crippen molar-refractivity contribution in [3.05, 3.63) is 0 Å². The minimum atomic E-state index is -1.96. The van der Waals surface area contributed by atoms with Crippen LogP contribution in [0.2, 0.25) is 0 Å². The maximum atomic E-state index is 11.3. The van der Waals surface area contributed by atoms with Gasteiger partial charge in [0.05, 0.1) is 26.4 Å². The van der Waals surface area contributed by atoms with Crippen molar-refractivity contribution in [2.24, 2.45) is 4.99 Å². The Hall–Kier alpha value is -1.29. The quantitative estimate of drug-likeness (QED) is 0.101. The lowest BCUT2D eigenvalue weighted by Crippen LogP contribution is -2.66. The molecule has 0 spiro atoms. The average Bonchev–Trinajstić information content (AvgIpc) is 3.44. The topological polar surface area (TPSA) is 329 Å². The maximum Gasteiger partial charge on any atom is 0.227 e. The summed E-state index contributed by atoms with van der Waals surface area (Å²) < 4.78 is 44.6. The third-order valence-corrected chi connectivity index (χ3v) is 8.78. The molecule has 21 heteroatoms.